The van der Waals surface area contributed by atoms with Gasteiger partial charge in [-0.05, 0) is 11.1 Å². The second-order valence-electron chi connectivity index (χ2n) is 5.03. The van der Waals surface area contributed by atoms with Gasteiger partial charge < -0.3 is 19.9 Å². The Morgan fingerprint density at radius 3 is 1.88 bits per heavy atom. The smallest absolute Gasteiger partial charge is 0.408 e. The van der Waals surface area contributed by atoms with E-state index in [1.165, 1.54) is 0 Å². The Kier molecular flexibility index (Phi) is 6.79. The Hall–Kier alpha value is -2.86. The van der Waals surface area contributed by atoms with Gasteiger partial charge in [0.05, 0.1) is 6.61 Å². The number of hydrogen-bond acceptors (Lipinski definition) is 5. The number of carbonyl (C=O) groups is 2. The molecule has 0 unspecified atom stereocenters. The van der Waals surface area contributed by atoms with E-state index in [2.05, 4.69) is 5.32 Å². The van der Waals surface area contributed by atoms with Crippen LogP contribution in [0.5, 0.6) is 0 Å². The summed E-state index contributed by atoms with van der Waals surface area (Å²) in [4.78, 5) is 23.6. The highest BCUT2D eigenvalue weighted by molar-refractivity contribution is 5.81. The van der Waals surface area contributed by atoms with Crippen LogP contribution in [-0.4, -0.2) is 29.8 Å². The van der Waals surface area contributed by atoms with Crippen molar-refractivity contribution in [2.45, 2.75) is 19.3 Å². The van der Waals surface area contributed by atoms with Crippen LogP contribution >= 0.6 is 0 Å². The minimum atomic E-state index is -1.17. The predicted molar refractivity (Wildman–Crippen MR) is 86.9 cm³/mol. The van der Waals surface area contributed by atoms with Gasteiger partial charge in [-0.3, -0.25) is 0 Å². The van der Waals surface area contributed by atoms with Crippen LogP contribution in [0.3, 0.4) is 0 Å². The van der Waals surface area contributed by atoms with Crippen LogP contribution in [-0.2, 0) is 27.5 Å². The number of hydrogen-bond donors (Lipinski definition) is 2. The van der Waals surface area contributed by atoms with Crippen LogP contribution in [0, 0.1) is 0 Å². The lowest BCUT2D eigenvalue weighted by Gasteiger charge is -2.15. The molecule has 2 aromatic carbocycles. The topological polar surface area (TPSA) is 84.9 Å². The predicted octanol–water partition coefficient (Wildman–Crippen LogP) is 2.02. The third-order valence-corrected chi connectivity index (χ3v) is 3.20. The Bertz CT molecular complexity index is 645. The minimum Gasteiger partial charge on any atom is -0.459 e. The van der Waals surface area contributed by atoms with Crippen LogP contribution < -0.4 is 5.32 Å². The van der Waals surface area contributed by atoms with Crippen molar-refractivity contribution in [3.8, 4) is 0 Å². The molecule has 0 aliphatic rings. The fourth-order valence-corrected chi connectivity index (χ4v) is 1.92. The van der Waals surface area contributed by atoms with Gasteiger partial charge in [0.25, 0.3) is 0 Å². The third kappa shape index (κ3) is 5.73. The van der Waals surface area contributed by atoms with Crippen molar-refractivity contribution < 1.29 is 24.2 Å². The number of carbonyl (C=O) groups excluding carboxylic acids is 2. The van der Waals surface area contributed by atoms with Crippen LogP contribution in [0.2, 0.25) is 0 Å². The van der Waals surface area contributed by atoms with Crippen molar-refractivity contribution in [3.63, 3.8) is 0 Å². The van der Waals surface area contributed by atoms with Gasteiger partial charge in [-0.15, -0.1) is 0 Å². The molecule has 1 atom stereocenters. The van der Waals surface area contributed by atoms with Crippen molar-refractivity contribution in [2.75, 3.05) is 6.61 Å². The van der Waals surface area contributed by atoms with Crippen LogP contribution in [0.1, 0.15) is 11.1 Å². The Balaban J connectivity index is 1.77. The highest BCUT2D eigenvalue weighted by Crippen LogP contribution is 2.03. The molecule has 0 aliphatic heterocycles. The zero-order valence-corrected chi connectivity index (χ0v) is 13.1. The van der Waals surface area contributed by atoms with Gasteiger partial charge in [0, 0.05) is 0 Å². The molecule has 24 heavy (non-hydrogen) atoms. The molecule has 0 aliphatic carbocycles. The van der Waals surface area contributed by atoms with E-state index in [0.717, 1.165) is 11.1 Å². The number of nitrogens with one attached hydrogen (secondary N) is 1. The van der Waals surface area contributed by atoms with E-state index in [0.29, 0.717) is 0 Å². The van der Waals surface area contributed by atoms with Gasteiger partial charge in [-0.1, -0.05) is 60.7 Å². The summed E-state index contributed by atoms with van der Waals surface area (Å²) in [6, 6.07) is 17.1. The molecule has 6 heteroatoms. The Morgan fingerprint density at radius 2 is 1.38 bits per heavy atom. The Labute approximate surface area is 140 Å². The highest BCUT2D eigenvalue weighted by Gasteiger charge is 2.22. The lowest BCUT2D eigenvalue weighted by Crippen LogP contribution is -2.44. The first-order chi connectivity index (χ1) is 11.7. The fourth-order valence-electron chi connectivity index (χ4n) is 1.92. The molecule has 0 spiro atoms. The summed E-state index contributed by atoms with van der Waals surface area (Å²) in [5.41, 5.74) is 1.63. The standard InChI is InChI=1S/C18H19NO5/c20-11-16(17(21)23-12-14-7-3-1-4-8-14)19-18(22)24-13-15-9-5-2-6-10-15/h1-10,16,20H,11-13H2,(H,19,22)/t16-/m1/s1. The molecular weight excluding hydrogens is 310 g/mol. The third-order valence-electron chi connectivity index (χ3n) is 3.20. The maximum atomic E-state index is 11.9. The molecule has 0 aromatic heterocycles. The monoisotopic (exact) mass is 329 g/mol. The summed E-state index contributed by atoms with van der Waals surface area (Å²) >= 11 is 0. The summed E-state index contributed by atoms with van der Waals surface area (Å²) < 4.78 is 10.1. The van der Waals surface area contributed by atoms with Crippen molar-refractivity contribution in [1.29, 1.82) is 0 Å². The number of aliphatic hydroxyl groups is 1. The van der Waals surface area contributed by atoms with E-state index >= 15 is 0 Å². The van der Waals surface area contributed by atoms with Crippen molar-refractivity contribution in [1.82, 2.24) is 5.32 Å². The van der Waals surface area contributed by atoms with E-state index in [4.69, 9.17) is 9.47 Å². The van der Waals surface area contributed by atoms with Gasteiger partial charge in [-0.25, -0.2) is 9.59 Å². The van der Waals surface area contributed by atoms with Gasteiger partial charge >= 0.3 is 12.1 Å². The molecule has 126 valence electrons. The van der Waals surface area contributed by atoms with Crippen LogP contribution in [0.4, 0.5) is 4.79 Å². The molecule has 0 bridgehead atoms. The van der Waals surface area contributed by atoms with Gasteiger partial charge in [0.1, 0.15) is 13.2 Å². The van der Waals surface area contributed by atoms with E-state index in [1.54, 1.807) is 0 Å². The maximum Gasteiger partial charge on any atom is 0.408 e. The minimum absolute atomic E-state index is 0.0664. The summed E-state index contributed by atoms with van der Waals surface area (Å²) in [6.45, 7) is -0.436. The number of aliphatic hydroxyl groups excluding tert-OH is 1. The molecule has 2 N–H and O–H groups in total. The molecule has 1 amide bonds. The largest absolute Gasteiger partial charge is 0.459 e. The SMILES string of the molecule is O=C(N[C@H](CO)C(=O)OCc1ccccc1)OCc1ccccc1. The van der Waals surface area contributed by atoms with E-state index < -0.39 is 24.7 Å². The van der Waals surface area contributed by atoms with E-state index in [-0.39, 0.29) is 13.2 Å². The average molecular weight is 329 g/mol. The number of benzene rings is 2. The molecule has 0 radical (unpaired) electrons. The molecule has 6 nitrogen and oxygen atoms in total. The second kappa shape index (κ2) is 9.32. The first-order valence-corrected chi connectivity index (χ1v) is 7.47. The first kappa shape index (κ1) is 17.5. The quantitative estimate of drug-likeness (QED) is 0.759. The normalized spacial score (nSPS) is 11.4. The molecule has 0 saturated heterocycles. The molecule has 2 aromatic rings. The van der Waals surface area contributed by atoms with Gasteiger partial charge in [-0.2, -0.15) is 0 Å². The zero-order valence-electron chi connectivity index (χ0n) is 13.1. The van der Waals surface area contributed by atoms with E-state index in [1.807, 2.05) is 60.7 Å². The molecular formula is C18H19NO5. The fraction of sp³-hybridized carbons (Fsp3) is 0.222. The second-order valence-corrected chi connectivity index (χ2v) is 5.03. The number of amides is 1. The Morgan fingerprint density at radius 1 is 0.875 bits per heavy atom. The molecule has 0 fully saturated rings. The summed E-state index contributed by atoms with van der Waals surface area (Å²) in [7, 11) is 0. The van der Waals surface area contributed by atoms with Crippen molar-refractivity contribution in [2.24, 2.45) is 0 Å². The number of ether oxygens (including phenoxy) is 2. The summed E-state index contributed by atoms with van der Waals surface area (Å²) in [6.07, 6.45) is -0.797. The number of esters is 1. The maximum absolute atomic E-state index is 11.9. The van der Waals surface area contributed by atoms with Crippen molar-refractivity contribution >= 4 is 12.1 Å². The number of alkyl carbamates (subject to hydrolysis) is 1. The van der Waals surface area contributed by atoms with Gasteiger partial charge in [0.2, 0.25) is 0 Å². The first-order valence-electron chi connectivity index (χ1n) is 7.47. The zero-order chi connectivity index (χ0) is 17.2. The lowest BCUT2D eigenvalue weighted by atomic mass is 10.2. The highest BCUT2D eigenvalue weighted by atomic mass is 16.6. The summed E-state index contributed by atoms with van der Waals surface area (Å²) in [5, 5.41) is 11.5. The molecule has 0 heterocycles. The molecule has 2 rings (SSSR count). The van der Waals surface area contributed by atoms with E-state index in [9.17, 15) is 14.7 Å². The van der Waals surface area contributed by atoms with Crippen molar-refractivity contribution in [3.05, 3.63) is 71.8 Å². The van der Waals surface area contributed by atoms with Crippen LogP contribution in [0.15, 0.2) is 60.7 Å². The average Bonchev–Trinajstić information content (AvgIpc) is 2.64. The van der Waals surface area contributed by atoms with Crippen LogP contribution in [0.25, 0.3) is 0 Å². The molecule has 0 saturated carbocycles. The lowest BCUT2D eigenvalue weighted by molar-refractivity contribution is -0.148. The number of rotatable bonds is 7. The summed E-state index contributed by atoms with van der Waals surface area (Å²) in [5.74, 6) is -0.724. The van der Waals surface area contributed by atoms with Gasteiger partial charge in [0.15, 0.2) is 6.04 Å².